The SMILES string of the molecule is CNC1CCCC1CN1CCC(F)C1. The molecule has 14 heavy (non-hydrogen) atoms. The summed E-state index contributed by atoms with van der Waals surface area (Å²) < 4.78 is 13.0. The Morgan fingerprint density at radius 2 is 2.21 bits per heavy atom. The molecule has 1 saturated heterocycles. The van der Waals surface area contributed by atoms with E-state index in [1.54, 1.807) is 0 Å². The van der Waals surface area contributed by atoms with Crippen molar-refractivity contribution in [3.8, 4) is 0 Å². The molecule has 3 heteroatoms. The van der Waals surface area contributed by atoms with Crippen molar-refractivity contribution in [3.05, 3.63) is 0 Å². The molecule has 1 saturated carbocycles. The predicted molar refractivity (Wildman–Crippen MR) is 56.1 cm³/mol. The van der Waals surface area contributed by atoms with E-state index < -0.39 is 6.17 Å². The van der Waals surface area contributed by atoms with Gasteiger partial charge in [0.25, 0.3) is 0 Å². The fraction of sp³-hybridized carbons (Fsp3) is 1.00. The molecule has 1 N–H and O–H groups in total. The van der Waals surface area contributed by atoms with E-state index in [1.165, 1.54) is 19.3 Å². The molecule has 0 bridgehead atoms. The largest absolute Gasteiger partial charge is 0.317 e. The van der Waals surface area contributed by atoms with Crippen LogP contribution in [0.4, 0.5) is 4.39 Å². The lowest BCUT2D eigenvalue weighted by molar-refractivity contribution is 0.236. The van der Waals surface area contributed by atoms with Gasteiger partial charge in [0.2, 0.25) is 0 Å². The Morgan fingerprint density at radius 1 is 1.36 bits per heavy atom. The van der Waals surface area contributed by atoms with Crippen molar-refractivity contribution < 1.29 is 4.39 Å². The molecule has 0 aromatic carbocycles. The van der Waals surface area contributed by atoms with E-state index in [2.05, 4.69) is 10.2 Å². The van der Waals surface area contributed by atoms with E-state index in [1.807, 2.05) is 7.05 Å². The molecule has 0 spiro atoms. The van der Waals surface area contributed by atoms with Gasteiger partial charge in [-0.2, -0.15) is 0 Å². The van der Waals surface area contributed by atoms with Gasteiger partial charge in [0.15, 0.2) is 0 Å². The monoisotopic (exact) mass is 200 g/mol. The van der Waals surface area contributed by atoms with Crippen LogP contribution in [0.3, 0.4) is 0 Å². The van der Waals surface area contributed by atoms with Crippen LogP contribution in [0.25, 0.3) is 0 Å². The highest BCUT2D eigenvalue weighted by molar-refractivity contribution is 4.86. The number of nitrogens with zero attached hydrogens (tertiary/aromatic N) is 1. The second-order valence-corrected chi connectivity index (χ2v) is 4.73. The molecule has 82 valence electrons. The Balaban J connectivity index is 1.79. The summed E-state index contributed by atoms with van der Waals surface area (Å²) in [4.78, 5) is 2.30. The standard InChI is InChI=1S/C11H21FN2/c1-13-11-4-2-3-9(11)7-14-6-5-10(12)8-14/h9-11,13H,2-8H2,1H3. The molecule has 2 rings (SSSR count). The van der Waals surface area contributed by atoms with Gasteiger partial charge < -0.3 is 10.2 Å². The maximum Gasteiger partial charge on any atom is 0.114 e. The average Bonchev–Trinajstić information content (AvgIpc) is 2.76. The van der Waals surface area contributed by atoms with Crippen molar-refractivity contribution in [3.63, 3.8) is 0 Å². The van der Waals surface area contributed by atoms with E-state index in [9.17, 15) is 4.39 Å². The summed E-state index contributed by atoms with van der Waals surface area (Å²) in [6, 6.07) is 0.675. The summed E-state index contributed by atoms with van der Waals surface area (Å²) >= 11 is 0. The van der Waals surface area contributed by atoms with Crippen LogP contribution in [0.15, 0.2) is 0 Å². The van der Waals surface area contributed by atoms with E-state index in [-0.39, 0.29) is 0 Å². The van der Waals surface area contributed by atoms with Crippen LogP contribution >= 0.6 is 0 Å². The van der Waals surface area contributed by atoms with Gasteiger partial charge in [-0.05, 0) is 32.2 Å². The second kappa shape index (κ2) is 4.58. The number of nitrogens with one attached hydrogen (secondary N) is 1. The molecule has 0 radical (unpaired) electrons. The molecule has 0 aromatic rings. The number of rotatable bonds is 3. The molecule has 2 fully saturated rings. The first kappa shape index (κ1) is 10.4. The van der Waals surface area contributed by atoms with Crippen LogP contribution in [0.1, 0.15) is 25.7 Å². The first-order chi connectivity index (χ1) is 6.79. The van der Waals surface area contributed by atoms with E-state index in [0.717, 1.165) is 25.4 Å². The van der Waals surface area contributed by atoms with Crippen molar-refractivity contribution in [2.75, 3.05) is 26.7 Å². The van der Waals surface area contributed by atoms with Gasteiger partial charge in [-0.1, -0.05) is 6.42 Å². The summed E-state index contributed by atoms with van der Waals surface area (Å²) in [5.74, 6) is 0.755. The van der Waals surface area contributed by atoms with Crippen molar-refractivity contribution >= 4 is 0 Å². The highest BCUT2D eigenvalue weighted by Gasteiger charge is 2.30. The maximum absolute atomic E-state index is 13.0. The molecule has 3 atom stereocenters. The van der Waals surface area contributed by atoms with Crippen LogP contribution in [0.5, 0.6) is 0 Å². The summed E-state index contributed by atoms with van der Waals surface area (Å²) in [6.45, 7) is 2.74. The zero-order chi connectivity index (χ0) is 9.97. The zero-order valence-corrected chi connectivity index (χ0v) is 9.01. The fourth-order valence-corrected chi connectivity index (χ4v) is 2.92. The lowest BCUT2D eigenvalue weighted by Gasteiger charge is -2.24. The van der Waals surface area contributed by atoms with E-state index >= 15 is 0 Å². The molecular formula is C11H21FN2. The minimum absolute atomic E-state index is 0.565. The number of halogens is 1. The topological polar surface area (TPSA) is 15.3 Å². The maximum atomic E-state index is 13.0. The number of alkyl halides is 1. The van der Waals surface area contributed by atoms with Gasteiger partial charge in [-0.3, -0.25) is 0 Å². The van der Waals surface area contributed by atoms with Crippen molar-refractivity contribution in [1.82, 2.24) is 10.2 Å². The quantitative estimate of drug-likeness (QED) is 0.741. The number of hydrogen-bond acceptors (Lipinski definition) is 2. The van der Waals surface area contributed by atoms with Crippen molar-refractivity contribution in [2.45, 2.75) is 37.9 Å². The minimum Gasteiger partial charge on any atom is -0.317 e. The van der Waals surface area contributed by atoms with Crippen LogP contribution in [-0.4, -0.2) is 43.8 Å². The van der Waals surface area contributed by atoms with Gasteiger partial charge in [-0.25, -0.2) is 4.39 Å². The zero-order valence-electron chi connectivity index (χ0n) is 9.01. The smallest absolute Gasteiger partial charge is 0.114 e. The molecule has 2 aliphatic rings. The third kappa shape index (κ3) is 2.26. The molecule has 1 aliphatic carbocycles. The van der Waals surface area contributed by atoms with E-state index in [0.29, 0.717) is 12.6 Å². The first-order valence-electron chi connectivity index (χ1n) is 5.83. The van der Waals surface area contributed by atoms with Gasteiger partial charge in [0.1, 0.15) is 6.17 Å². The molecule has 0 amide bonds. The highest BCUT2D eigenvalue weighted by Crippen LogP contribution is 2.27. The lowest BCUT2D eigenvalue weighted by atomic mass is 10.0. The number of likely N-dealkylation sites (tertiary alicyclic amines) is 1. The van der Waals surface area contributed by atoms with Gasteiger partial charge in [-0.15, -0.1) is 0 Å². The van der Waals surface area contributed by atoms with Crippen molar-refractivity contribution in [2.24, 2.45) is 5.92 Å². The Kier molecular flexibility index (Phi) is 3.39. The Bertz CT molecular complexity index is 186. The molecule has 3 unspecified atom stereocenters. The molecule has 0 aromatic heterocycles. The van der Waals surface area contributed by atoms with E-state index in [4.69, 9.17) is 0 Å². The summed E-state index contributed by atoms with van der Waals surface area (Å²) in [5.41, 5.74) is 0. The third-order valence-electron chi connectivity index (χ3n) is 3.74. The molecular weight excluding hydrogens is 179 g/mol. The second-order valence-electron chi connectivity index (χ2n) is 4.73. The normalized spacial score (nSPS) is 39.4. The minimum atomic E-state index is -0.565. The molecule has 2 nitrogen and oxygen atoms in total. The van der Waals surface area contributed by atoms with Crippen LogP contribution in [-0.2, 0) is 0 Å². The van der Waals surface area contributed by atoms with Gasteiger partial charge in [0, 0.05) is 25.7 Å². The van der Waals surface area contributed by atoms with Gasteiger partial charge >= 0.3 is 0 Å². The van der Waals surface area contributed by atoms with Crippen LogP contribution in [0, 0.1) is 5.92 Å². The summed E-state index contributed by atoms with van der Waals surface area (Å²) in [5, 5.41) is 3.38. The Morgan fingerprint density at radius 3 is 2.86 bits per heavy atom. The Labute approximate surface area is 85.9 Å². The van der Waals surface area contributed by atoms with Crippen molar-refractivity contribution in [1.29, 1.82) is 0 Å². The summed E-state index contributed by atoms with van der Waals surface area (Å²) in [7, 11) is 2.05. The fourth-order valence-electron chi connectivity index (χ4n) is 2.92. The lowest BCUT2D eigenvalue weighted by Crippen LogP contribution is -2.37. The van der Waals surface area contributed by atoms with Crippen LogP contribution in [0.2, 0.25) is 0 Å². The third-order valence-corrected chi connectivity index (χ3v) is 3.74. The van der Waals surface area contributed by atoms with Gasteiger partial charge in [0.05, 0.1) is 0 Å². The Hall–Kier alpha value is -0.150. The molecule has 1 aliphatic heterocycles. The van der Waals surface area contributed by atoms with Crippen LogP contribution < -0.4 is 5.32 Å². The first-order valence-corrected chi connectivity index (χ1v) is 5.83. The molecule has 1 heterocycles. The number of hydrogen-bond donors (Lipinski definition) is 1. The predicted octanol–water partition coefficient (Wildman–Crippen LogP) is 1.42. The average molecular weight is 200 g/mol. The summed E-state index contributed by atoms with van der Waals surface area (Å²) in [6.07, 6.45) is 4.14. The highest BCUT2D eigenvalue weighted by atomic mass is 19.1.